The van der Waals surface area contributed by atoms with E-state index in [1.54, 1.807) is 24.3 Å². The van der Waals surface area contributed by atoms with E-state index in [1.165, 1.54) is 12.0 Å². The van der Waals surface area contributed by atoms with Crippen LogP contribution in [0, 0.1) is 22.7 Å². The Balaban J connectivity index is 2.74. The molecule has 18 heavy (non-hydrogen) atoms. The smallest absolute Gasteiger partial charge is 0.177 e. The van der Waals surface area contributed by atoms with Gasteiger partial charge in [-0.15, -0.1) is 0 Å². The molecule has 0 bridgehead atoms. The Morgan fingerprint density at radius 1 is 1.33 bits per heavy atom. The van der Waals surface area contributed by atoms with Crippen LogP contribution >= 0.6 is 0 Å². The topological polar surface area (TPSA) is 77.1 Å². The molecular formula is C13H13N3O2. The van der Waals surface area contributed by atoms with E-state index in [4.69, 9.17) is 15.3 Å². The maximum absolute atomic E-state index is 12.0. The number of hydrogen-bond donors (Lipinski definition) is 0. The highest BCUT2D eigenvalue weighted by Gasteiger charge is 2.12. The average molecular weight is 243 g/mol. The Kier molecular flexibility index (Phi) is 5.37. The second kappa shape index (κ2) is 7.05. The van der Waals surface area contributed by atoms with Crippen LogP contribution in [0.2, 0.25) is 0 Å². The van der Waals surface area contributed by atoms with Gasteiger partial charge in [0.1, 0.15) is 5.75 Å². The average Bonchev–Trinajstić information content (AvgIpc) is 2.39. The summed E-state index contributed by atoms with van der Waals surface area (Å²) in [4.78, 5) is 13.4. The molecule has 0 aromatic heterocycles. The van der Waals surface area contributed by atoms with E-state index >= 15 is 0 Å². The first-order valence-electron chi connectivity index (χ1n) is 5.34. The van der Waals surface area contributed by atoms with Gasteiger partial charge >= 0.3 is 0 Å². The van der Waals surface area contributed by atoms with Gasteiger partial charge in [-0.2, -0.15) is 10.5 Å². The van der Waals surface area contributed by atoms with Gasteiger partial charge in [-0.05, 0) is 12.1 Å². The number of benzene rings is 1. The fraction of sp³-hybridized carbons (Fsp3) is 0.308. The molecule has 0 heterocycles. The minimum Gasteiger partial charge on any atom is -0.497 e. The number of ether oxygens (including phenoxy) is 1. The number of carbonyl (C=O) groups is 1. The van der Waals surface area contributed by atoms with Crippen molar-refractivity contribution in [1.82, 2.24) is 4.90 Å². The normalized spacial score (nSPS) is 9.56. The van der Waals surface area contributed by atoms with Crippen LogP contribution in [0.4, 0.5) is 0 Å². The van der Waals surface area contributed by atoms with E-state index in [-0.39, 0.29) is 25.4 Å². The van der Waals surface area contributed by atoms with Gasteiger partial charge < -0.3 is 4.74 Å². The van der Waals surface area contributed by atoms with E-state index in [0.717, 1.165) is 0 Å². The molecule has 0 atom stereocenters. The van der Waals surface area contributed by atoms with Crippen LogP contribution in [0.15, 0.2) is 24.3 Å². The lowest BCUT2D eigenvalue weighted by Crippen LogP contribution is -2.30. The molecule has 0 radical (unpaired) electrons. The lowest BCUT2D eigenvalue weighted by atomic mass is 10.1. The van der Waals surface area contributed by atoms with Gasteiger partial charge in [0, 0.05) is 5.56 Å². The van der Waals surface area contributed by atoms with Crippen LogP contribution in [-0.4, -0.2) is 37.4 Å². The standard InChI is InChI=1S/C13H13N3O2/c1-18-12-4-2-3-11(9-12)13(17)10-16(7-5-14)8-6-15/h2-4,9H,7-8,10H2,1H3. The second-order valence-electron chi connectivity index (χ2n) is 3.62. The number of methoxy groups -OCH3 is 1. The van der Waals surface area contributed by atoms with Crippen molar-refractivity contribution in [2.45, 2.75) is 0 Å². The van der Waals surface area contributed by atoms with Crippen molar-refractivity contribution in [3.63, 3.8) is 0 Å². The number of ketones is 1. The van der Waals surface area contributed by atoms with E-state index in [9.17, 15) is 4.79 Å². The number of hydrogen-bond acceptors (Lipinski definition) is 5. The highest BCUT2D eigenvalue weighted by atomic mass is 16.5. The number of carbonyl (C=O) groups excluding carboxylic acids is 1. The van der Waals surface area contributed by atoms with Crippen molar-refractivity contribution in [1.29, 1.82) is 10.5 Å². The van der Waals surface area contributed by atoms with E-state index < -0.39 is 0 Å². The quantitative estimate of drug-likeness (QED) is 0.554. The van der Waals surface area contributed by atoms with Gasteiger partial charge in [-0.1, -0.05) is 12.1 Å². The van der Waals surface area contributed by atoms with Crippen molar-refractivity contribution in [3.05, 3.63) is 29.8 Å². The summed E-state index contributed by atoms with van der Waals surface area (Å²) in [5, 5.41) is 17.2. The molecule has 0 saturated heterocycles. The summed E-state index contributed by atoms with van der Waals surface area (Å²) in [5.41, 5.74) is 0.509. The van der Waals surface area contributed by atoms with E-state index in [2.05, 4.69) is 0 Å². The molecule has 1 aromatic rings. The maximum atomic E-state index is 12.0. The lowest BCUT2D eigenvalue weighted by molar-refractivity contribution is 0.0946. The molecule has 0 amide bonds. The summed E-state index contributed by atoms with van der Waals surface area (Å²) >= 11 is 0. The monoisotopic (exact) mass is 243 g/mol. The van der Waals surface area contributed by atoms with Crippen molar-refractivity contribution >= 4 is 5.78 Å². The Morgan fingerprint density at radius 3 is 2.56 bits per heavy atom. The van der Waals surface area contributed by atoms with Crippen LogP contribution in [-0.2, 0) is 0 Å². The fourth-order valence-corrected chi connectivity index (χ4v) is 1.46. The number of nitrogens with zero attached hydrogens (tertiary/aromatic N) is 3. The van der Waals surface area contributed by atoms with Crippen LogP contribution < -0.4 is 4.74 Å². The molecule has 0 unspecified atom stereocenters. The third kappa shape index (κ3) is 3.89. The van der Waals surface area contributed by atoms with Gasteiger partial charge in [0.15, 0.2) is 5.78 Å². The molecule has 0 aliphatic carbocycles. The minimum atomic E-state index is -0.139. The highest BCUT2D eigenvalue weighted by Crippen LogP contribution is 2.13. The summed E-state index contributed by atoms with van der Waals surface area (Å²) in [5.74, 6) is 0.465. The third-order valence-corrected chi connectivity index (χ3v) is 2.35. The molecule has 1 aromatic carbocycles. The van der Waals surface area contributed by atoms with Gasteiger partial charge in [0.05, 0.1) is 38.9 Å². The first-order chi connectivity index (χ1) is 8.71. The summed E-state index contributed by atoms with van der Waals surface area (Å²) < 4.78 is 5.03. The van der Waals surface area contributed by atoms with Gasteiger partial charge in [0.2, 0.25) is 0 Å². The van der Waals surface area contributed by atoms with Crippen molar-refractivity contribution in [2.75, 3.05) is 26.7 Å². The van der Waals surface area contributed by atoms with Gasteiger partial charge in [0.25, 0.3) is 0 Å². The van der Waals surface area contributed by atoms with Crippen molar-refractivity contribution in [2.24, 2.45) is 0 Å². The summed E-state index contributed by atoms with van der Waals surface area (Å²) in [6.07, 6.45) is 0. The molecule has 0 spiro atoms. The second-order valence-corrected chi connectivity index (χ2v) is 3.62. The zero-order valence-electron chi connectivity index (χ0n) is 10.1. The molecule has 0 N–H and O–H groups in total. The molecule has 5 heteroatoms. The highest BCUT2D eigenvalue weighted by molar-refractivity contribution is 5.98. The minimum absolute atomic E-state index is 0.0499. The van der Waals surface area contributed by atoms with E-state index in [1.807, 2.05) is 12.1 Å². The molecule has 1 rings (SSSR count). The number of Topliss-reactive ketones (excluding diaryl/α,β-unsaturated/α-hetero) is 1. The van der Waals surface area contributed by atoms with Gasteiger partial charge in [-0.25, -0.2) is 0 Å². The number of nitriles is 2. The maximum Gasteiger partial charge on any atom is 0.177 e. The Labute approximate surface area is 106 Å². The zero-order valence-corrected chi connectivity index (χ0v) is 10.1. The Bertz CT molecular complexity index is 484. The predicted molar refractivity (Wildman–Crippen MR) is 65.0 cm³/mol. The first kappa shape index (κ1) is 13.7. The molecule has 0 aliphatic rings. The Hall–Kier alpha value is -2.37. The largest absolute Gasteiger partial charge is 0.497 e. The zero-order chi connectivity index (χ0) is 13.4. The third-order valence-electron chi connectivity index (χ3n) is 2.35. The SMILES string of the molecule is COc1cccc(C(=O)CN(CC#N)CC#N)c1. The molecular weight excluding hydrogens is 230 g/mol. The predicted octanol–water partition coefficient (Wildman–Crippen LogP) is 1.23. The van der Waals surface area contributed by atoms with Crippen LogP contribution in [0.25, 0.3) is 0 Å². The molecule has 5 nitrogen and oxygen atoms in total. The van der Waals surface area contributed by atoms with E-state index in [0.29, 0.717) is 11.3 Å². The molecule has 92 valence electrons. The summed E-state index contributed by atoms with van der Waals surface area (Å²) in [7, 11) is 1.53. The van der Waals surface area contributed by atoms with Crippen molar-refractivity contribution in [3.8, 4) is 17.9 Å². The van der Waals surface area contributed by atoms with Gasteiger partial charge in [-0.3, -0.25) is 9.69 Å². The Morgan fingerprint density at radius 2 is 2.00 bits per heavy atom. The number of rotatable bonds is 6. The lowest BCUT2D eigenvalue weighted by Gasteiger charge is -2.14. The van der Waals surface area contributed by atoms with Crippen LogP contribution in [0.1, 0.15) is 10.4 Å². The van der Waals surface area contributed by atoms with Crippen LogP contribution in [0.3, 0.4) is 0 Å². The molecule has 0 fully saturated rings. The van der Waals surface area contributed by atoms with Crippen LogP contribution in [0.5, 0.6) is 5.75 Å². The van der Waals surface area contributed by atoms with Crippen molar-refractivity contribution < 1.29 is 9.53 Å². The fourth-order valence-electron chi connectivity index (χ4n) is 1.46. The molecule has 0 aliphatic heterocycles. The summed E-state index contributed by atoms with van der Waals surface area (Å²) in [6, 6.07) is 10.7. The first-order valence-corrected chi connectivity index (χ1v) is 5.34. The summed E-state index contributed by atoms with van der Waals surface area (Å²) in [6.45, 7) is 0.167. The molecule has 0 saturated carbocycles.